The molecule has 4 aliphatic rings. The molecule has 7 heteroatoms. The fourth-order valence-electron chi connectivity index (χ4n) is 5.23. The van der Waals surface area contributed by atoms with Gasteiger partial charge in [0.05, 0.1) is 6.61 Å². The molecule has 0 amide bonds. The minimum absolute atomic E-state index is 0.135. The number of carbonyl (C=O) groups excluding carboxylic acids is 3. The summed E-state index contributed by atoms with van der Waals surface area (Å²) in [4.78, 5) is 33.4. The first-order valence-corrected chi connectivity index (χ1v) is 8.02. The Morgan fingerprint density at radius 1 is 1.09 bits per heavy atom. The van der Waals surface area contributed by atoms with E-state index in [4.69, 9.17) is 14.6 Å². The summed E-state index contributed by atoms with van der Waals surface area (Å²) in [6.45, 7) is -0.439. The molecule has 2 unspecified atom stereocenters. The molecule has 4 rings (SSSR count). The van der Waals surface area contributed by atoms with Gasteiger partial charge in [0.15, 0.2) is 6.61 Å². The van der Waals surface area contributed by atoms with Gasteiger partial charge >= 0.3 is 11.9 Å². The van der Waals surface area contributed by atoms with Crippen LogP contribution < -0.4 is 0 Å². The van der Waals surface area contributed by atoms with Crippen molar-refractivity contribution in [2.24, 2.45) is 17.3 Å². The number of carbonyl (C=O) groups is 3. The highest BCUT2D eigenvalue weighted by molar-refractivity contribution is 5.76. The fourth-order valence-corrected chi connectivity index (χ4v) is 5.23. The van der Waals surface area contributed by atoms with Gasteiger partial charge in [0.25, 0.3) is 6.47 Å². The zero-order valence-electron chi connectivity index (χ0n) is 13.0. The molecule has 4 fully saturated rings. The van der Waals surface area contributed by atoms with Gasteiger partial charge < -0.3 is 19.3 Å². The Labute approximate surface area is 134 Å². The first-order chi connectivity index (χ1) is 11.0. The van der Waals surface area contributed by atoms with E-state index >= 15 is 0 Å². The van der Waals surface area contributed by atoms with Crippen molar-refractivity contribution in [3.63, 3.8) is 0 Å². The van der Waals surface area contributed by atoms with Gasteiger partial charge in [0.2, 0.25) is 0 Å². The molecule has 0 aromatic carbocycles. The second-order valence-electron chi connectivity index (χ2n) is 7.34. The van der Waals surface area contributed by atoms with Crippen molar-refractivity contribution in [1.82, 2.24) is 0 Å². The van der Waals surface area contributed by atoms with Crippen LogP contribution in [0.1, 0.15) is 38.5 Å². The monoisotopic (exact) mass is 326 g/mol. The third kappa shape index (κ3) is 3.34. The van der Waals surface area contributed by atoms with Crippen LogP contribution in [0.2, 0.25) is 0 Å². The second kappa shape index (κ2) is 6.11. The summed E-state index contributed by atoms with van der Waals surface area (Å²) in [7, 11) is 0. The highest BCUT2D eigenvalue weighted by Crippen LogP contribution is 2.62. The van der Waals surface area contributed by atoms with Crippen LogP contribution >= 0.6 is 0 Å². The number of esters is 2. The summed E-state index contributed by atoms with van der Waals surface area (Å²) in [5, 5.41) is 8.54. The summed E-state index contributed by atoms with van der Waals surface area (Å²) < 4.78 is 15.3. The lowest BCUT2D eigenvalue weighted by Gasteiger charge is -2.60. The van der Waals surface area contributed by atoms with Crippen molar-refractivity contribution in [3.05, 3.63) is 0 Å². The molecule has 0 aliphatic heterocycles. The maximum atomic E-state index is 11.7. The van der Waals surface area contributed by atoms with Gasteiger partial charge in [-0.25, -0.2) is 9.59 Å². The summed E-state index contributed by atoms with van der Waals surface area (Å²) in [6.07, 6.45) is 5.68. The Bertz CT molecular complexity index is 487. The molecule has 4 aliphatic carbocycles. The van der Waals surface area contributed by atoms with Crippen molar-refractivity contribution in [2.75, 3.05) is 19.8 Å². The summed E-state index contributed by atoms with van der Waals surface area (Å²) >= 11 is 0. The lowest BCUT2D eigenvalue weighted by molar-refractivity contribution is -0.202. The van der Waals surface area contributed by atoms with Gasteiger partial charge in [0.1, 0.15) is 12.2 Å². The molecule has 0 saturated heterocycles. The zero-order valence-corrected chi connectivity index (χ0v) is 13.0. The summed E-state index contributed by atoms with van der Waals surface area (Å²) in [5.41, 5.74) is -0.522. The van der Waals surface area contributed by atoms with Crippen LogP contribution in [0.4, 0.5) is 0 Å². The third-order valence-corrected chi connectivity index (χ3v) is 5.45. The Kier molecular flexibility index (Phi) is 4.31. The summed E-state index contributed by atoms with van der Waals surface area (Å²) in [6, 6.07) is 0. The van der Waals surface area contributed by atoms with E-state index in [1.807, 2.05) is 0 Å². The number of aliphatic hydroxyl groups is 1. The van der Waals surface area contributed by atoms with Gasteiger partial charge in [-0.3, -0.25) is 4.79 Å². The average molecular weight is 326 g/mol. The number of aliphatic hydroxyl groups excluding tert-OH is 1. The lowest BCUT2D eigenvalue weighted by Crippen LogP contribution is -2.58. The van der Waals surface area contributed by atoms with E-state index in [0.29, 0.717) is 18.3 Å². The second-order valence-corrected chi connectivity index (χ2v) is 7.34. The molecular weight excluding hydrogens is 304 g/mol. The number of hydrogen-bond acceptors (Lipinski definition) is 7. The molecule has 2 atom stereocenters. The number of ether oxygens (including phenoxy) is 3. The van der Waals surface area contributed by atoms with E-state index in [1.54, 1.807) is 0 Å². The lowest BCUT2D eigenvalue weighted by atomic mass is 9.48. The molecule has 1 N–H and O–H groups in total. The van der Waals surface area contributed by atoms with Crippen molar-refractivity contribution >= 4 is 18.4 Å². The Hall–Kier alpha value is -1.63. The molecular formula is C16H22O7. The Morgan fingerprint density at radius 3 is 2.39 bits per heavy atom. The Morgan fingerprint density at radius 2 is 1.78 bits per heavy atom. The van der Waals surface area contributed by atoms with Crippen molar-refractivity contribution < 1.29 is 33.7 Å². The minimum atomic E-state index is -0.852. The topological polar surface area (TPSA) is 99.1 Å². The van der Waals surface area contributed by atoms with Crippen LogP contribution in [0.3, 0.4) is 0 Å². The first-order valence-electron chi connectivity index (χ1n) is 8.02. The first kappa shape index (κ1) is 16.2. The highest BCUT2D eigenvalue weighted by Gasteiger charge is 2.59. The van der Waals surface area contributed by atoms with Gasteiger partial charge in [0, 0.05) is 5.41 Å². The van der Waals surface area contributed by atoms with Crippen molar-refractivity contribution in [2.45, 2.75) is 44.1 Å². The molecule has 0 aromatic heterocycles. The standard InChI is InChI=1S/C16H22O7/c17-6-13(19)21-7-14(20)22-9-15-2-11-1-12(3-15)5-16(4-11,8-15)23-10-18/h10-12,17H,1-9H2. The van der Waals surface area contributed by atoms with E-state index in [-0.39, 0.29) is 17.6 Å². The molecule has 0 spiro atoms. The van der Waals surface area contributed by atoms with Crippen LogP contribution in [0.15, 0.2) is 0 Å². The molecule has 4 bridgehead atoms. The maximum absolute atomic E-state index is 11.7. The van der Waals surface area contributed by atoms with E-state index in [1.165, 1.54) is 0 Å². The normalized spacial score (nSPS) is 37.3. The predicted octanol–water partition coefficient (Wildman–Crippen LogP) is 0.577. The van der Waals surface area contributed by atoms with Gasteiger partial charge in [-0.1, -0.05) is 0 Å². The molecule has 0 aromatic rings. The zero-order chi connectivity index (χ0) is 16.5. The van der Waals surface area contributed by atoms with Crippen LogP contribution in [-0.2, 0) is 28.6 Å². The predicted molar refractivity (Wildman–Crippen MR) is 76.0 cm³/mol. The number of rotatable bonds is 7. The summed E-state index contributed by atoms with van der Waals surface area (Å²) in [5.74, 6) is -0.438. The van der Waals surface area contributed by atoms with E-state index in [9.17, 15) is 14.4 Å². The van der Waals surface area contributed by atoms with Crippen molar-refractivity contribution in [1.29, 1.82) is 0 Å². The van der Waals surface area contributed by atoms with E-state index in [2.05, 4.69) is 4.74 Å². The highest BCUT2D eigenvalue weighted by atomic mass is 16.6. The smallest absolute Gasteiger partial charge is 0.344 e. The van der Waals surface area contributed by atoms with E-state index < -0.39 is 25.2 Å². The van der Waals surface area contributed by atoms with Crippen LogP contribution in [0.5, 0.6) is 0 Å². The third-order valence-electron chi connectivity index (χ3n) is 5.45. The van der Waals surface area contributed by atoms with Crippen LogP contribution in [-0.4, -0.2) is 48.9 Å². The largest absolute Gasteiger partial charge is 0.463 e. The molecule has 0 heterocycles. The Balaban J connectivity index is 1.58. The quantitative estimate of drug-likeness (QED) is 0.415. The molecule has 7 nitrogen and oxygen atoms in total. The SMILES string of the molecule is O=COC12CC3CC(CC(COC(=O)COC(=O)CO)(C3)C1)C2. The maximum Gasteiger partial charge on any atom is 0.344 e. The van der Waals surface area contributed by atoms with Gasteiger partial charge in [-0.15, -0.1) is 0 Å². The van der Waals surface area contributed by atoms with Crippen molar-refractivity contribution in [3.8, 4) is 0 Å². The fraction of sp³-hybridized carbons (Fsp3) is 0.812. The molecule has 0 radical (unpaired) electrons. The minimum Gasteiger partial charge on any atom is -0.463 e. The molecule has 4 saturated carbocycles. The van der Waals surface area contributed by atoms with Crippen LogP contribution in [0.25, 0.3) is 0 Å². The molecule has 23 heavy (non-hydrogen) atoms. The average Bonchev–Trinajstić information content (AvgIpc) is 2.49. The van der Waals surface area contributed by atoms with Gasteiger partial charge in [-0.2, -0.15) is 0 Å². The number of hydrogen-bond donors (Lipinski definition) is 1. The molecule has 128 valence electrons. The van der Waals surface area contributed by atoms with Gasteiger partial charge in [-0.05, 0) is 50.4 Å². The van der Waals surface area contributed by atoms with Crippen LogP contribution in [0, 0.1) is 17.3 Å². The van der Waals surface area contributed by atoms with E-state index in [0.717, 1.165) is 38.5 Å².